The Labute approximate surface area is 125 Å². The summed E-state index contributed by atoms with van der Waals surface area (Å²) >= 11 is 5.61. The second-order valence-corrected chi connectivity index (χ2v) is 5.24. The quantitative estimate of drug-likeness (QED) is 0.867. The molecule has 21 heavy (non-hydrogen) atoms. The van der Waals surface area contributed by atoms with Crippen molar-refractivity contribution in [2.24, 2.45) is 0 Å². The molecule has 1 amide bonds. The van der Waals surface area contributed by atoms with E-state index in [-0.39, 0.29) is 22.3 Å². The van der Waals surface area contributed by atoms with E-state index in [0.717, 1.165) is 18.1 Å². The van der Waals surface area contributed by atoms with Crippen LogP contribution >= 0.6 is 11.6 Å². The van der Waals surface area contributed by atoms with Gasteiger partial charge in [0.25, 0.3) is 5.91 Å². The predicted molar refractivity (Wildman–Crippen MR) is 77.3 cm³/mol. The minimum Gasteiger partial charge on any atom is -0.352 e. The molecular formula is C16H11ClFNO2. The predicted octanol–water partition coefficient (Wildman–Crippen LogP) is 3.00. The first kappa shape index (κ1) is 13.8. The molecule has 0 radical (unpaired) electrons. The van der Waals surface area contributed by atoms with E-state index in [0.29, 0.717) is 17.7 Å². The summed E-state index contributed by atoms with van der Waals surface area (Å²) in [5.41, 5.74) is 1.97. The van der Waals surface area contributed by atoms with Gasteiger partial charge >= 0.3 is 0 Å². The molecule has 3 nitrogen and oxygen atoms in total. The molecule has 0 aromatic heterocycles. The number of amides is 1. The number of hydrogen-bond acceptors (Lipinski definition) is 2. The van der Waals surface area contributed by atoms with Crippen molar-refractivity contribution in [3.63, 3.8) is 0 Å². The smallest absolute Gasteiger partial charge is 0.251 e. The van der Waals surface area contributed by atoms with Crippen molar-refractivity contribution in [3.05, 3.63) is 69.5 Å². The third kappa shape index (κ3) is 2.54. The lowest BCUT2D eigenvalue weighted by Gasteiger charge is -2.16. The number of hydrogen-bond donors (Lipinski definition) is 1. The molecular weight excluding hydrogens is 293 g/mol. The van der Waals surface area contributed by atoms with Gasteiger partial charge in [-0.2, -0.15) is 0 Å². The number of benzene rings is 2. The van der Waals surface area contributed by atoms with E-state index in [1.165, 1.54) is 12.1 Å². The summed E-state index contributed by atoms with van der Waals surface area (Å²) < 4.78 is 13.4. The van der Waals surface area contributed by atoms with E-state index in [9.17, 15) is 14.0 Å². The third-order valence-corrected chi connectivity index (χ3v) is 3.78. The van der Waals surface area contributed by atoms with Crippen LogP contribution in [0.5, 0.6) is 0 Å². The zero-order valence-electron chi connectivity index (χ0n) is 11.0. The van der Waals surface area contributed by atoms with Crippen molar-refractivity contribution in [2.45, 2.75) is 6.42 Å². The fourth-order valence-electron chi connectivity index (χ4n) is 2.36. The van der Waals surface area contributed by atoms with Crippen LogP contribution in [0.3, 0.4) is 0 Å². The highest BCUT2D eigenvalue weighted by Crippen LogP contribution is 2.21. The van der Waals surface area contributed by atoms with E-state index in [1.807, 2.05) is 0 Å². The van der Waals surface area contributed by atoms with E-state index in [1.54, 1.807) is 18.2 Å². The van der Waals surface area contributed by atoms with Gasteiger partial charge in [0, 0.05) is 23.2 Å². The Balaban J connectivity index is 2.00. The summed E-state index contributed by atoms with van der Waals surface area (Å²) in [6.45, 7) is 0.599. The maximum Gasteiger partial charge on any atom is 0.251 e. The number of carbonyl (C=O) groups is 2. The highest BCUT2D eigenvalue weighted by molar-refractivity contribution is 6.30. The number of ketones is 1. The molecule has 1 heterocycles. The monoisotopic (exact) mass is 303 g/mol. The lowest BCUT2D eigenvalue weighted by atomic mass is 9.94. The molecule has 0 spiro atoms. The summed E-state index contributed by atoms with van der Waals surface area (Å²) in [6.07, 6.45) is 0.741. The van der Waals surface area contributed by atoms with E-state index >= 15 is 0 Å². The van der Waals surface area contributed by atoms with Gasteiger partial charge in [0.1, 0.15) is 5.82 Å². The molecule has 1 N–H and O–H groups in total. The molecule has 0 bridgehead atoms. The highest BCUT2D eigenvalue weighted by atomic mass is 35.5. The van der Waals surface area contributed by atoms with Crippen molar-refractivity contribution in [1.29, 1.82) is 0 Å². The fraction of sp³-hybridized carbons (Fsp3) is 0.125. The Morgan fingerprint density at radius 2 is 1.86 bits per heavy atom. The van der Waals surface area contributed by atoms with Crippen LogP contribution in [-0.2, 0) is 6.42 Å². The van der Waals surface area contributed by atoms with Crippen LogP contribution in [0.15, 0.2) is 36.4 Å². The molecule has 106 valence electrons. The van der Waals surface area contributed by atoms with Gasteiger partial charge in [0.15, 0.2) is 5.78 Å². The molecule has 5 heteroatoms. The van der Waals surface area contributed by atoms with Crippen molar-refractivity contribution in [1.82, 2.24) is 5.32 Å². The number of carbonyl (C=O) groups excluding carboxylic acids is 2. The lowest BCUT2D eigenvalue weighted by molar-refractivity contribution is 0.0946. The van der Waals surface area contributed by atoms with Crippen LogP contribution in [0.2, 0.25) is 5.02 Å². The number of nitrogens with one attached hydrogen (secondary N) is 1. The maximum absolute atomic E-state index is 13.4. The summed E-state index contributed by atoms with van der Waals surface area (Å²) in [7, 11) is 0. The second kappa shape index (κ2) is 5.30. The first-order valence-corrected chi connectivity index (χ1v) is 6.85. The van der Waals surface area contributed by atoms with Crippen molar-refractivity contribution >= 4 is 23.3 Å². The highest BCUT2D eigenvalue weighted by Gasteiger charge is 2.19. The van der Waals surface area contributed by atoms with Crippen LogP contribution in [0.4, 0.5) is 4.39 Å². The molecule has 0 saturated heterocycles. The van der Waals surface area contributed by atoms with Gasteiger partial charge in [-0.1, -0.05) is 23.7 Å². The minimum atomic E-state index is -0.641. The molecule has 2 aromatic rings. The van der Waals surface area contributed by atoms with E-state index in [4.69, 9.17) is 11.6 Å². The normalized spacial score (nSPS) is 13.5. The Kier molecular flexibility index (Phi) is 3.47. The zero-order chi connectivity index (χ0) is 15.0. The number of fused-ring (bicyclic) bond motifs is 1. The summed E-state index contributed by atoms with van der Waals surface area (Å²) in [5, 5.41) is 2.70. The van der Waals surface area contributed by atoms with Crippen LogP contribution in [0.1, 0.15) is 31.8 Å². The SMILES string of the molecule is O=C(c1ccc(Cl)c(F)c1)c1ccc2c(c1)C(=O)NCC2. The van der Waals surface area contributed by atoms with Crippen LogP contribution < -0.4 is 5.32 Å². The third-order valence-electron chi connectivity index (χ3n) is 3.48. The largest absolute Gasteiger partial charge is 0.352 e. The van der Waals surface area contributed by atoms with Crippen molar-refractivity contribution < 1.29 is 14.0 Å². The number of halogens is 2. The summed E-state index contributed by atoms with van der Waals surface area (Å²) in [4.78, 5) is 24.2. The molecule has 1 aliphatic heterocycles. The molecule has 0 fully saturated rings. The van der Waals surface area contributed by atoms with E-state index < -0.39 is 5.82 Å². The molecule has 0 aliphatic carbocycles. The van der Waals surface area contributed by atoms with Crippen LogP contribution in [0, 0.1) is 5.82 Å². The van der Waals surface area contributed by atoms with Gasteiger partial charge in [-0.15, -0.1) is 0 Å². The van der Waals surface area contributed by atoms with Crippen LogP contribution in [-0.4, -0.2) is 18.2 Å². The summed E-state index contributed by atoms with van der Waals surface area (Å²) in [6, 6.07) is 8.89. The molecule has 0 atom stereocenters. The Morgan fingerprint density at radius 3 is 2.62 bits per heavy atom. The molecule has 3 rings (SSSR count). The van der Waals surface area contributed by atoms with Crippen molar-refractivity contribution in [3.8, 4) is 0 Å². The van der Waals surface area contributed by atoms with E-state index in [2.05, 4.69) is 5.32 Å². The van der Waals surface area contributed by atoms with Crippen molar-refractivity contribution in [2.75, 3.05) is 6.54 Å². The van der Waals surface area contributed by atoms with Gasteiger partial charge in [0.2, 0.25) is 0 Å². The maximum atomic E-state index is 13.4. The molecule has 2 aromatic carbocycles. The lowest BCUT2D eigenvalue weighted by Crippen LogP contribution is -2.32. The Bertz CT molecular complexity index is 758. The van der Waals surface area contributed by atoms with Gasteiger partial charge in [-0.3, -0.25) is 9.59 Å². The standard InChI is InChI=1S/C16H11ClFNO2/c17-13-4-3-11(8-14(13)18)15(20)10-2-1-9-5-6-19-16(21)12(9)7-10/h1-4,7-8H,5-6H2,(H,19,21). The molecule has 1 aliphatic rings. The first-order valence-electron chi connectivity index (χ1n) is 6.47. The second-order valence-electron chi connectivity index (χ2n) is 4.84. The average molecular weight is 304 g/mol. The van der Waals surface area contributed by atoms with Gasteiger partial charge in [-0.05, 0) is 36.2 Å². The molecule has 0 unspecified atom stereocenters. The van der Waals surface area contributed by atoms with Gasteiger partial charge in [0.05, 0.1) is 5.02 Å². The van der Waals surface area contributed by atoms with Gasteiger partial charge in [-0.25, -0.2) is 4.39 Å². The topological polar surface area (TPSA) is 46.2 Å². The summed E-state index contributed by atoms with van der Waals surface area (Å²) in [5.74, 6) is -1.17. The zero-order valence-corrected chi connectivity index (χ0v) is 11.7. The first-order chi connectivity index (χ1) is 10.1. The number of rotatable bonds is 2. The van der Waals surface area contributed by atoms with Crippen LogP contribution in [0.25, 0.3) is 0 Å². The Hall–Kier alpha value is -2.20. The molecule has 0 saturated carbocycles. The minimum absolute atomic E-state index is 0.0311. The van der Waals surface area contributed by atoms with Gasteiger partial charge < -0.3 is 5.32 Å². The average Bonchev–Trinajstić information content (AvgIpc) is 2.49. The fourth-order valence-corrected chi connectivity index (χ4v) is 2.47. The Morgan fingerprint density at radius 1 is 1.14 bits per heavy atom.